The molecule has 166 valence electrons. The summed E-state index contributed by atoms with van der Waals surface area (Å²) in [6.45, 7) is 1.05. The third kappa shape index (κ3) is 3.19. The third-order valence-corrected chi connectivity index (χ3v) is 7.36. The summed E-state index contributed by atoms with van der Waals surface area (Å²) in [4.78, 5) is 40.5. The largest absolute Gasteiger partial charge is 0.360 e. The summed E-state index contributed by atoms with van der Waals surface area (Å²) < 4.78 is 15.9. The zero-order valence-corrected chi connectivity index (χ0v) is 18.6. The van der Waals surface area contributed by atoms with Gasteiger partial charge in [0, 0.05) is 23.7 Å². The van der Waals surface area contributed by atoms with Crippen LogP contribution in [0.1, 0.15) is 29.4 Å². The van der Waals surface area contributed by atoms with Crippen LogP contribution in [0.15, 0.2) is 41.9 Å². The van der Waals surface area contributed by atoms with E-state index in [9.17, 15) is 9.59 Å². The SMILES string of the molecule is CN1CCC(c2nc(C3=C(c4c[nH]c5ccsc45)C(=O)NC3=O)c3ccccc3n2)C(F)C1. The predicted molar refractivity (Wildman–Crippen MR) is 125 cm³/mol. The highest BCUT2D eigenvalue weighted by molar-refractivity contribution is 7.17. The van der Waals surface area contributed by atoms with Crippen molar-refractivity contribution in [2.75, 3.05) is 20.1 Å². The van der Waals surface area contributed by atoms with E-state index in [4.69, 9.17) is 4.98 Å². The van der Waals surface area contributed by atoms with E-state index in [1.54, 1.807) is 6.20 Å². The van der Waals surface area contributed by atoms with Crippen molar-refractivity contribution in [1.82, 2.24) is 25.2 Å². The number of benzene rings is 1. The first kappa shape index (κ1) is 20.2. The van der Waals surface area contributed by atoms with Crippen molar-refractivity contribution in [2.45, 2.75) is 18.5 Å². The van der Waals surface area contributed by atoms with E-state index >= 15 is 4.39 Å². The van der Waals surface area contributed by atoms with Crippen LogP contribution in [-0.4, -0.2) is 58.0 Å². The average Bonchev–Trinajstić information content (AvgIpc) is 3.48. The quantitative estimate of drug-likeness (QED) is 0.456. The molecule has 4 aromatic rings. The van der Waals surface area contributed by atoms with E-state index in [1.165, 1.54) is 11.3 Å². The minimum absolute atomic E-state index is 0.206. The molecule has 2 aliphatic rings. The number of hydrogen-bond acceptors (Lipinski definition) is 6. The third-order valence-electron chi connectivity index (χ3n) is 6.42. The summed E-state index contributed by atoms with van der Waals surface area (Å²) >= 11 is 1.49. The first-order valence-electron chi connectivity index (χ1n) is 10.8. The van der Waals surface area contributed by atoms with Crippen molar-refractivity contribution >= 4 is 55.4 Å². The van der Waals surface area contributed by atoms with E-state index in [0.29, 0.717) is 41.0 Å². The molecule has 0 saturated carbocycles. The van der Waals surface area contributed by atoms with Crippen molar-refractivity contribution in [3.8, 4) is 0 Å². The van der Waals surface area contributed by atoms with Gasteiger partial charge in [-0.15, -0.1) is 11.3 Å². The van der Waals surface area contributed by atoms with Gasteiger partial charge in [0.25, 0.3) is 11.8 Å². The zero-order valence-electron chi connectivity index (χ0n) is 17.8. The van der Waals surface area contributed by atoms with Gasteiger partial charge < -0.3 is 9.88 Å². The Hall–Kier alpha value is -3.43. The fraction of sp³-hybridized carbons (Fsp3) is 0.250. The number of aromatic nitrogens is 3. The Balaban J connectivity index is 1.61. The van der Waals surface area contributed by atoms with Gasteiger partial charge in [-0.1, -0.05) is 18.2 Å². The number of H-pyrrole nitrogens is 1. The molecule has 0 bridgehead atoms. The summed E-state index contributed by atoms with van der Waals surface area (Å²) in [5.41, 5.74) is 3.03. The summed E-state index contributed by atoms with van der Waals surface area (Å²) in [6.07, 6.45) is 1.22. The molecule has 2 aliphatic heterocycles. The number of likely N-dealkylation sites (tertiary alicyclic amines) is 1. The number of fused-ring (bicyclic) bond motifs is 2. The molecule has 2 amide bonds. The molecule has 33 heavy (non-hydrogen) atoms. The van der Waals surface area contributed by atoms with Crippen LogP contribution in [0, 0.1) is 0 Å². The summed E-state index contributed by atoms with van der Waals surface area (Å²) in [7, 11) is 1.89. The molecule has 9 heteroatoms. The standard InChI is InChI=1S/C24H20FN5O2S/c1-30-8-6-12(15(25)11-30)22-27-16-5-3-2-4-13(16)20(28-22)19-18(23(31)29-24(19)32)14-10-26-17-7-9-33-21(14)17/h2-5,7,9-10,12,15,26H,6,8,11H2,1H3,(H,29,31,32). The van der Waals surface area contributed by atoms with Gasteiger partial charge in [0.2, 0.25) is 0 Å². The number of nitrogens with one attached hydrogen (secondary N) is 2. The fourth-order valence-corrected chi connectivity index (χ4v) is 5.65. The van der Waals surface area contributed by atoms with Gasteiger partial charge in [0.05, 0.1) is 38.5 Å². The van der Waals surface area contributed by atoms with E-state index in [1.807, 2.05) is 47.7 Å². The molecule has 3 aromatic heterocycles. The van der Waals surface area contributed by atoms with Crippen LogP contribution < -0.4 is 5.32 Å². The summed E-state index contributed by atoms with van der Waals surface area (Å²) in [6, 6.07) is 9.27. The molecule has 1 aromatic carbocycles. The van der Waals surface area contributed by atoms with E-state index in [-0.39, 0.29) is 11.1 Å². The van der Waals surface area contributed by atoms with Crippen molar-refractivity contribution in [3.63, 3.8) is 0 Å². The van der Waals surface area contributed by atoms with Crippen LogP contribution in [-0.2, 0) is 9.59 Å². The Labute approximate surface area is 192 Å². The smallest absolute Gasteiger partial charge is 0.261 e. The number of nitrogens with zero attached hydrogens (tertiary/aromatic N) is 3. The lowest BCUT2D eigenvalue weighted by molar-refractivity contribution is -0.122. The number of aromatic amines is 1. The van der Waals surface area contributed by atoms with Gasteiger partial charge in [-0.3, -0.25) is 14.9 Å². The van der Waals surface area contributed by atoms with Gasteiger partial charge in [-0.25, -0.2) is 14.4 Å². The Morgan fingerprint density at radius 2 is 1.94 bits per heavy atom. The molecule has 0 radical (unpaired) electrons. The maximum Gasteiger partial charge on any atom is 0.261 e. The number of hydrogen-bond donors (Lipinski definition) is 2. The number of carbonyl (C=O) groups is 2. The number of thiophene rings is 1. The van der Waals surface area contributed by atoms with Crippen molar-refractivity contribution < 1.29 is 14.0 Å². The second kappa shape index (κ2) is 7.57. The topological polar surface area (TPSA) is 91.0 Å². The second-order valence-electron chi connectivity index (χ2n) is 8.52. The van der Waals surface area contributed by atoms with Crippen LogP contribution in [0.25, 0.3) is 32.3 Å². The Kier molecular flexibility index (Phi) is 4.63. The lowest BCUT2D eigenvalue weighted by Crippen LogP contribution is -2.39. The van der Waals surface area contributed by atoms with Crippen LogP contribution in [0.4, 0.5) is 4.39 Å². The van der Waals surface area contributed by atoms with Gasteiger partial charge >= 0.3 is 0 Å². The molecule has 2 atom stereocenters. The molecule has 2 unspecified atom stereocenters. The molecule has 2 N–H and O–H groups in total. The zero-order chi connectivity index (χ0) is 22.7. The van der Waals surface area contributed by atoms with Gasteiger partial charge in [0.15, 0.2) is 0 Å². The average molecular weight is 462 g/mol. The monoisotopic (exact) mass is 461 g/mol. The van der Waals surface area contributed by atoms with Gasteiger partial charge in [-0.05, 0) is 37.5 Å². The molecule has 6 rings (SSSR count). The lowest BCUT2D eigenvalue weighted by Gasteiger charge is -2.31. The Morgan fingerprint density at radius 1 is 1.12 bits per heavy atom. The molecule has 1 saturated heterocycles. The van der Waals surface area contributed by atoms with Crippen LogP contribution >= 0.6 is 11.3 Å². The minimum Gasteiger partial charge on any atom is -0.360 e. The number of halogens is 1. The highest BCUT2D eigenvalue weighted by Gasteiger charge is 2.37. The maximum atomic E-state index is 15.0. The number of para-hydroxylation sites is 1. The van der Waals surface area contributed by atoms with Crippen molar-refractivity contribution in [1.29, 1.82) is 0 Å². The maximum absolute atomic E-state index is 15.0. The van der Waals surface area contributed by atoms with E-state index in [2.05, 4.69) is 15.3 Å². The molecular formula is C24H20FN5O2S. The summed E-state index contributed by atoms with van der Waals surface area (Å²) in [5, 5.41) is 5.02. The molecule has 1 fully saturated rings. The molecule has 0 aliphatic carbocycles. The first-order valence-corrected chi connectivity index (χ1v) is 11.6. The van der Waals surface area contributed by atoms with Crippen molar-refractivity contribution in [2.24, 2.45) is 0 Å². The number of carbonyl (C=O) groups excluding carboxylic acids is 2. The molecular weight excluding hydrogens is 441 g/mol. The second-order valence-corrected chi connectivity index (χ2v) is 9.44. The number of piperidine rings is 1. The highest BCUT2D eigenvalue weighted by Crippen LogP contribution is 2.39. The summed E-state index contributed by atoms with van der Waals surface area (Å²) in [5.74, 6) is -1.06. The fourth-order valence-electron chi connectivity index (χ4n) is 4.77. The van der Waals surface area contributed by atoms with Gasteiger partial charge in [-0.2, -0.15) is 0 Å². The Morgan fingerprint density at radius 3 is 2.79 bits per heavy atom. The van der Waals surface area contributed by atoms with Crippen LogP contribution in [0.3, 0.4) is 0 Å². The van der Waals surface area contributed by atoms with E-state index < -0.39 is 23.9 Å². The number of rotatable bonds is 3. The Bertz CT molecular complexity index is 1470. The van der Waals surface area contributed by atoms with Crippen LogP contribution in [0.5, 0.6) is 0 Å². The first-order chi connectivity index (χ1) is 16.0. The van der Waals surface area contributed by atoms with Gasteiger partial charge in [0.1, 0.15) is 12.0 Å². The molecule has 5 heterocycles. The number of amides is 2. The van der Waals surface area contributed by atoms with Crippen LogP contribution in [0.2, 0.25) is 0 Å². The predicted octanol–water partition coefficient (Wildman–Crippen LogP) is 3.50. The molecule has 7 nitrogen and oxygen atoms in total. The molecule has 0 spiro atoms. The normalized spacial score (nSPS) is 22.0. The highest BCUT2D eigenvalue weighted by atomic mass is 32.1. The number of imide groups is 1. The minimum atomic E-state index is -1.11. The van der Waals surface area contributed by atoms with Crippen molar-refractivity contribution in [3.05, 3.63) is 59.0 Å². The lowest BCUT2D eigenvalue weighted by atomic mass is 9.93. The number of alkyl halides is 1. The van der Waals surface area contributed by atoms with E-state index in [0.717, 1.165) is 16.8 Å².